The van der Waals surface area contributed by atoms with E-state index in [1.807, 2.05) is 0 Å². The fourth-order valence-electron chi connectivity index (χ4n) is 2.78. The topological polar surface area (TPSA) is 56.7 Å². The fourth-order valence-corrected chi connectivity index (χ4v) is 2.78. The molecule has 4 nitrogen and oxygen atoms in total. The van der Waals surface area contributed by atoms with Gasteiger partial charge < -0.3 is 15.7 Å². The van der Waals surface area contributed by atoms with Gasteiger partial charge in [-0.1, -0.05) is 19.9 Å². The third-order valence-electron chi connectivity index (χ3n) is 4.38. The summed E-state index contributed by atoms with van der Waals surface area (Å²) in [6, 6.07) is 4.84. The second-order valence-electron chi connectivity index (χ2n) is 6.79. The molecule has 0 spiro atoms. The van der Waals surface area contributed by atoms with Crippen LogP contribution in [0.2, 0.25) is 0 Å². The van der Waals surface area contributed by atoms with Gasteiger partial charge in [-0.25, -0.2) is 4.39 Å². The van der Waals surface area contributed by atoms with Crippen LogP contribution in [0.3, 0.4) is 0 Å². The van der Waals surface area contributed by atoms with Gasteiger partial charge in [0.1, 0.15) is 0 Å². The molecule has 1 aromatic carbocycles. The summed E-state index contributed by atoms with van der Waals surface area (Å²) in [4.78, 5) is 4.22. The molecule has 0 unspecified atom stereocenters. The van der Waals surface area contributed by atoms with Crippen molar-refractivity contribution in [1.82, 2.24) is 10.6 Å². The van der Waals surface area contributed by atoms with Crippen molar-refractivity contribution in [3.63, 3.8) is 0 Å². The number of aromatic hydroxyl groups is 1. The molecule has 0 heterocycles. The average molecular weight is 435 g/mol. The second kappa shape index (κ2) is 8.70. The van der Waals surface area contributed by atoms with E-state index in [4.69, 9.17) is 0 Å². The molecule has 1 saturated carbocycles. The van der Waals surface area contributed by atoms with E-state index in [0.717, 1.165) is 24.4 Å². The molecule has 0 amide bonds. The molecule has 2 rings (SSSR count). The normalized spacial score (nSPS) is 18.2. The maximum atomic E-state index is 13.3. The molecule has 0 aromatic heterocycles. The Morgan fingerprint density at radius 1 is 1.35 bits per heavy atom. The first kappa shape index (κ1) is 20.0. The smallest absolute Gasteiger partial charge is 0.191 e. The molecule has 1 aliphatic rings. The van der Waals surface area contributed by atoms with Crippen molar-refractivity contribution in [2.75, 3.05) is 7.05 Å². The number of benzene rings is 1. The monoisotopic (exact) mass is 435 g/mol. The molecule has 23 heavy (non-hydrogen) atoms. The molecule has 3 N–H and O–H groups in total. The Morgan fingerprint density at radius 2 is 2.00 bits per heavy atom. The molecule has 0 bridgehead atoms. The molecule has 1 aliphatic carbocycles. The van der Waals surface area contributed by atoms with Gasteiger partial charge in [0.2, 0.25) is 0 Å². The number of aliphatic imine (C=N–C) groups is 1. The summed E-state index contributed by atoms with van der Waals surface area (Å²) >= 11 is 0. The molecule has 6 heteroatoms. The molecule has 130 valence electrons. The van der Waals surface area contributed by atoms with Crippen LogP contribution in [0.15, 0.2) is 23.2 Å². The van der Waals surface area contributed by atoms with E-state index in [2.05, 4.69) is 29.5 Å². The predicted octanol–water partition coefficient (Wildman–Crippen LogP) is 3.78. The summed E-state index contributed by atoms with van der Waals surface area (Å²) in [6.07, 6.45) is 4.71. The van der Waals surface area contributed by atoms with E-state index in [1.165, 1.54) is 25.0 Å². The SMILES string of the molecule is CN=C(NCc1ccc(O)c(F)c1)NC1CCC(C)(C)CC1.I. The first-order valence-corrected chi connectivity index (χ1v) is 7.84. The number of guanidine groups is 1. The maximum Gasteiger partial charge on any atom is 0.191 e. The third kappa shape index (κ3) is 6.16. The van der Waals surface area contributed by atoms with Crippen LogP contribution in [0.1, 0.15) is 45.1 Å². The summed E-state index contributed by atoms with van der Waals surface area (Å²) < 4.78 is 13.3. The quantitative estimate of drug-likeness (QED) is 0.385. The van der Waals surface area contributed by atoms with Crippen LogP contribution >= 0.6 is 24.0 Å². The highest BCUT2D eigenvalue weighted by molar-refractivity contribution is 14.0. The van der Waals surface area contributed by atoms with Gasteiger partial charge in [0.15, 0.2) is 17.5 Å². The number of rotatable bonds is 3. The summed E-state index contributed by atoms with van der Waals surface area (Å²) in [7, 11) is 1.74. The van der Waals surface area contributed by atoms with Crippen LogP contribution in [0, 0.1) is 11.2 Å². The van der Waals surface area contributed by atoms with Crippen molar-refractivity contribution in [2.45, 2.75) is 52.1 Å². The standard InChI is InChI=1S/C17H26FN3O.HI/c1-17(2)8-6-13(7-9-17)21-16(19-3)20-11-12-4-5-15(22)14(18)10-12;/h4-5,10,13,22H,6-9,11H2,1-3H3,(H2,19,20,21);1H. The Morgan fingerprint density at radius 3 is 2.57 bits per heavy atom. The zero-order chi connectivity index (χ0) is 16.2. The minimum absolute atomic E-state index is 0. The number of hydrogen-bond acceptors (Lipinski definition) is 2. The summed E-state index contributed by atoms with van der Waals surface area (Å²) in [5.74, 6) is -0.189. The Kier molecular flexibility index (Phi) is 7.57. The third-order valence-corrected chi connectivity index (χ3v) is 4.38. The van der Waals surface area contributed by atoms with Crippen molar-refractivity contribution < 1.29 is 9.50 Å². The van der Waals surface area contributed by atoms with E-state index in [-0.39, 0.29) is 29.7 Å². The lowest BCUT2D eigenvalue weighted by atomic mass is 9.75. The molecular weight excluding hydrogens is 408 g/mol. The van der Waals surface area contributed by atoms with Gasteiger partial charge in [0.05, 0.1) is 0 Å². The van der Waals surface area contributed by atoms with Crippen LogP contribution in [0.5, 0.6) is 5.75 Å². The minimum atomic E-state index is -0.600. The lowest BCUT2D eigenvalue weighted by molar-refractivity contribution is 0.216. The van der Waals surface area contributed by atoms with Gasteiger partial charge in [0, 0.05) is 19.6 Å². The number of phenols is 1. The number of hydrogen-bond donors (Lipinski definition) is 3. The Balaban J connectivity index is 0.00000264. The zero-order valence-electron chi connectivity index (χ0n) is 14.0. The molecule has 1 fully saturated rings. The van der Waals surface area contributed by atoms with Gasteiger partial charge >= 0.3 is 0 Å². The highest BCUT2D eigenvalue weighted by atomic mass is 127. The van der Waals surface area contributed by atoms with Gasteiger partial charge in [-0.3, -0.25) is 4.99 Å². The molecule has 0 aliphatic heterocycles. The molecular formula is C17H27FIN3O. The highest BCUT2D eigenvalue weighted by Gasteiger charge is 2.27. The minimum Gasteiger partial charge on any atom is -0.505 e. The highest BCUT2D eigenvalue weighted by Crippen LogP contribution is 2.34. The summed E-state index contributed by atoms with van der Waals surface area (Å²) in [5, 5.41) is 15.8. The van der Waals surface area contributed by atoms with E-state index >= 15 is 0 Å². The van der Waals surface area contributed by atoms with Crippen LogP contribution in [0.4, 0.5) is 4.39 Å². The van der Waals surface area contributed by atoms with E-state index in [0.29, 0.717) is 18.0 Å². The summed E-state index contributed by atoms with van der Waals surface area (Å²) in [5.41, 5.74) is 1.21. The van der Waals surface area contributed by atoms with Crippen molar-refractivity contribution in [3.05, 3.63) is 29.6 Å². The molecule has 0 radical (unpaired) electrons. The number of nitrogens with zero attached hydrogens (tertiary/aromatic N) is 1. The zero-order valence-corrected chi connectivity index (χ0v) is 16.4. The van der Waals surface area contributed by atoms with Crippen LogP contribution in [-0.2, 0) is 6.54 Å². The number of nitrogens with one attached hydrogen (secondary N) is 2. The second-order valence-corrected chi connectivity index (χ2v) is 6.79. The Labute approximate surface area is 155 Å². The van der Waals surface area contributed by atoms with E-state index in [9.17, 15) is 9.50 Å². The first-order valence-electron chi connectivity index (χ1n) is 7.84. The largest absolute Gasteiger partial charge is 0.505 e. The van der Waals surface area contributed by atoms with Crippen LogP contribution in [0.25, 0.3) is 0 Å². The lowest BCUT2D eigenvalue weighted by Crippen LogP contribution is -2.45. The van der Waals surface area contributed by atoms with Gasteiger partial charge in [-0.2, -0.15) is 0 Å². The van der Waals surface area contributed by atoms with E-state index < -0.39 is 5.82 Å². The van der Waals surface area contributed by atoms with Gasteiger partial charge in [0.25, 0.3) is 0 Å². The fraction of sp³-hybridized carbons (Fsp3) is 0.588. The summed E-state index contributed by atoms with van der Waals surface area (Å²) in [6.45, 7) is 5.10. The number of phenolic OH excluding ortho intramolecular Hbond substituents is 1. The number of halogens is 2. The van der Waals surface area contributed by atoms with Crippen molar-refractivity contribution >= 4 is 29.9 Å². The van der Waals surface area contributed by atoms with Crippen LogP contribution < -0.4 is 10.6 Å². The van der Waals surface area contributed by atoms with Gasteiger partial charge in [-0.15, -0.1) is 24.0 Å². The predicted molar refractivity (Wildman–Crippen MR) is 103 cm³/mol. The van der Waals surface area contributed by atoms with Crippen LogP contribution in [-0.4, -0.2) is 24.2 Å². The lowest BCUT2D eigenvalue weighted by Gasteiger charge is -2.35. The molecule has 0 atom stereocenters. The molecule has 0 saturated heterocycles. The average Bonchev–Trinajstić information content (AvgIpc) is 2.48. The van der Waals surface area contributed by atoms with Crippen molar-refractivity contribution in [2.24, 2.45) is 10.4 Å². The maximum absolute atomic E-state index is 13.3. The first-order chi connectivity index (χ1) is 10.4. The Bertz CT molecular complexity index is 539. The van der Waals surface area contributed by atoms with Crippen molar-refractivity contribution in [3.8, 4) is 5.75 Å². The van der Waals surface area contributed by atoms with E-state index in [1.54, 1.807) is 13.1 Å². The molecule has 1 aromatic rings. The van der Waals surface area contributed by atoms with Crippen molar-refractivity contribution in [1.29, 1.82) is 0 Å². The Hall–Kier alpha value is -1.05. The van der Waals surface area contributed by atoms with Gasteiger partial charge in [-0.05, 0) is 48.8 Å².